The highest BCUT2D eigenvalue weighted by Crippen LogP contribution is 2.33. The molecule has 2 heterocycles. The highest BCUT2D eigenvalue weighted by atomic mass is 16.5. The summed E-state index contributed by atoms with van der Waals surface area (Å²) >= 11 is 0. The largest absolute Gasteiger partial charge is 0.379 e. The molecule has 2 aromatic carbocycles. The predicted molar refractivity (Wildman–Crippen MR) is 121 cm³/mol. The maximum Gasteiger partial charge on any atom is 0.152 e. The number of carbonyl (C=O) groups excluding carboxylic acids is 1. The Labute approximate surface area is 177 Å². The van der Waals surface area contributed by atoms with E-state index in [4.69, 9.17) is 9.73 Å². The van der Waals surface area contributed by atoms with E-state index in [1.165, 1.54) is 5.56 Å². The number of hydrogen-bond acceptors (Lipinski definition) is 4. The maximum atomic E-state index is 12.0. The topological polar surface area (TPSA) is 54.8 Å². The van der Waals surface area contributed by atoms with Crippen molar-refractivity contribution >= 4 is 29.1 Å². The Balaban J connectivity index is 1.71. The third-order valence-electron chi connectivity index (χ3n) is 5.70. The molecule has 1 atom stereocenters. The molecule has 0 N–H and O–H groups in total. The van der Waals surface area contributed by atoms with Gasteiger partial charge in [0.1, 0.15) is 0 Å². The summed E-state index contributed by atoms with van der Waals surface area (Å²) in [6, 6.07) is 14.6. The smallest absolute Gasteiger partial charge is 0.152 e. The second-order valence-corrected chi connectivity index (χ2v) is 7.90. The first kappa shape index (κ1) is 20.2. The molecular formula is C25H27N3O2. The molecule has 1 saturated heterocycles. The first-order valence-electron chi connectivity index (χ1n) is 10.4. The van der Waals surface area contributed by atoms with Crippen molar-refractivity contribution in [1.29, 1.82) is 0 Å². The van der Waals surface area contributed by atoms with Gasteiger partial charge in [0.05, 0.1) is 24.7 Å². The normalized spacial score (nSPS) is 16.8. The lowest BCUT2D eigenvalue weighted by Crippen LogP contribution is -2.37. The van der Waals surface area contributed by atoms with Crippen LogP contribution in [0, 0.1) is 6.92 Å². The average molecular weight is 402 g/mol. The molecule has 1 fully saturated rings. The van der Waals surface area contributed by atoms with Crippen LogP contribution in [0.25, 0.3) is 10.8 Å². The first-order chi connectivity index (χ1) is 14.7. The summed E-state index contributed by atoms with van der Waals surface area (Å²) in [4.78, 5) is 23.1. The van der Waals surface area contributed by atoms with E-state index in [0.29, 0.717) is 18.2 Å². The number of aromatic nitrogens is 1. The van der Waals surface area contributed by atoms with Crippen molar-refractivity contribution in [3.05, 3.63) is 71.0 Å². The van der Waals surface area contributed by atoms with Gasteiger partial charge in [0, 0.05) is 36.5 Å². The van der Waals surface area contributed by atoms with Crippen LogP contribution in [-0.4, -0.2) is 48.8 Å². The number of ether oxygens (including phenoxy) is 1. The molecule has 1 aliphatic rings. The van der Waals surface area contributed by atoms with Gasteiger partial charge in [-0.2, -0.15) is 0 Å². The third kappa shape index (κ3) is 4.41. The fraction of sp³-hybridized carbons (Fsp3) is 0.320. The van der Waals surface area contributed by atoms with Gasteiger partial charge in [-0.3, -0.25) is 9.78 Å². The Bertz CT molecular complexity index is 1070. The molecule has 5 nitrogen and oxygen atoms in total. The number of aldehydes is 1. The summed E-state index contributed by atoms with van der Waals surface area (Å²) < 4.78 is 5.59. The quantitative estimate of drug-likeness (QED) is 0.341. The molecule has 0 amide bonds. The van der Waals surface area contributed by atoms with Crippen LogP contribution < -0.4 is 0 Å². The van der Waals surface area contributed by atoms with Crippen LogP contribution in [0.3, 0.4) is 0 Å². The van der Waals surface area contributed by atoms with E-state index >= 15 is 0 Å². The molecular weight excluding hydrogens is 374 g/mol. The first-order valence-corrected chi connectivity index (χ1v) is 10.4. The Morgan fingerprint density at radius 1 is 1.23 bits per heavy atom. The number of nitrogens with zero attached hydrogens (tertiary/aromatic N) is 3. The van der Waals surface area contributed by atoms with Crippen molar-refractivity contribution in [1.82, 2.24) is 9.88 Å². The number of carbonyl (C=O) groups is 1. The van der Waals surface area contributed by atoms with E-state index in [0.717, 1.165) is 59.9 Å². The summed E-state index contributed by atoms with van der Waals surface area (Å²) in [5.41, 5.74) is 4.62. The molecule has 5 heteroatoms. The highest BCUT2D eigenvalue weighted by molar-refractivity contribution is 6.03. The van der Waals surface area contributed by atoms with Crippen molar-refractivity contribution in [3.8, 4) is 0 Å². The Kier molecular flexibility index (Phi) is 6.19. The summed E-state index contributed by atoms with van der Waals surface area (Å²) in [7, 11) is 2.02. The van der Waals surface area contributed by atoms with Gasteiger partial charge in [-0.15, -0.1) is 0 Å². The summed E-state index contributed by atoms with van der Waals surface area (Å²) in [5.74, 6) is 0. The molecule has 0 aliphatic carbocycles. The second kappa shape index (κ2) is 9.18. The lowest BCUT2D eigenvalue weighted by atomic mass is 9.94. The summed E-state index contributed by atoms with van der Waals surface area (Å²) in [5, 5.41) is 2.11. The van der Waals surface area contributed by atoms with Crippen molar-refractivity contribution in [3.63, 3.8) is 0 Å². The molecule has 4 rings (SSSR count). The lowest BCUT2D eigenvalue weighted by Gasteiger charge is -2.29. The van der Waals surface area contributed by atoms with Gasteiger partial charge in [-0.25, -0.2) is 4.99 Å². The van der Waals surface area contributed by atoms with Gasteiger partial charge in [-0.05, 0) is 60.9 Å². The third-order valence-corrected chi connectivity index (χ3v) is 5.70. The molecule has 30 heavy (non-hydrogen) atoms. The number of hydrogen-bond donors (Lipinski definition) is 0. The van der Waals surface area contributed by atoms with Gasteiger partial charge >= 0.3 is 0 Å². The number of rotatable bonds is 6. The standard InChI is InChI=1S/C25H27N3O2/c1-18-12-19(9-10-26-18)13-20-14-21(15-29)25(24-8-4-3-7-23(20)24)27-17-28(2)22-6-5-11-30-16-22/h3-4,7-10,12,14-15,17,22H,5-6,11,13,16H2,1-2H3. The van der Waals surface area contributed by atoms with Crippen LogP contribution in [0.4, 0.5) is 5.69 Å². The Morgan fingerprint density at radius 3 is 2.80 bits per heavy atom. The number of likely N-dealkylation sites (N-methyl/N-ethyl adjacent to an activating group) is 1. The summed E-state index contributed by atoms with van der Waals surface area (Å²) in [6.45, 7) is 3.54. The van der Waals surface area contributed by atoms with E-state index in [2.05, 4.69) is 22.0 Å². The fourth-order valence-electron chi connectivity index (χ4n) is 4.06. The second-order valence-electron chi connectivity index (χ2n) is 7.90. The molecule has 1 aromatic heterocycles. The molecule has 0 spiro atoms. The fourth-order valence-corrected chi connectivity index (χ4v) is 4.06. The van der Waals surface area contributed by atoms with Gasteiger partial charge < -0.3 is 9.64 Å². The van der Waals surface area contributed by atoms with Crippen LogP contribution in [0.2, 0.25) is 0 Å². The zero-order valence-corrected chi connectivity index (χ0v) is 17.5. The lowest BCUT2D eigenvalue weighted by molar-refractivity contribution is 0.0493. The van der Waals surface area contributed by atoms with Crippen LogP contribution in [0.15, 0.2) is 53.7 Å². The van der Waals surface area contributed by atoms with Crippen molar-refractivity contribution < 1.29 is 9.53 Å². The minimum Gasteiger partial charge on any atom is -0.379 e. The minimum atomic E-state index is 0.322. The highest BCUT2D eigenvalue weighted by Gasteiger charge is 2.17. The zero-order chi connectivity index (χ0) is 20.9. The zero-order valence-electron chi connectivity index (χ0n) is 17.5. The van der Waals surface area contributed by atoms with E-state index in [-0.39, 0.29) is 0 Å². The van der Waals surface area contributed by atoms with Gasteiger partial charge in [0.2, 0.25) is 0 Å². The monoisotopic (exact) mass is 401 g/mol. The Hall–Kier alpha value is -3.05. The van der Waals surface area contributed by atoms with Crippen LogP contribution >= 0.6 is 0 Å². The number of fused-ring (bicyclic) bond motifs is 1. The van der Waals surface area contributed by atoms with Crippen LogP contribution in [0.1, 0.15) is 40.0 Å². The molecule has 1 unspecified atom stereocenters. The molecule has 3 aromatic rings. The van der Waals surface area contributed by atoms with Gasteiger partial charge in [-0.1, -0.05) is 24.3 Å². The van der Waals surface area contributed by atoms with E-state index < -0.39 is 0 Å². The molecule has 0 saturated carbocycles. The van der Waals surface area contributed by atoms with Crippen LogP contribution in [-0.2, 0) is 11.2 Å². The SMILES string of the molecule is Cc1cc(Cc2cc(C=O)c(N=CN(C)C3CCCOC3)c3ccccc23)ccn1. The molecule has 0 radical (unpaired) electrons. The van der Waals surface area contributed by atoms with Crippen molar-refractivity contribution in [2.75, 3.05) is 20.3 Å². The van der Waals surface area contributed by atoms with Gasteiger partial charge in [0.15, 0.2) is 6.29 Å². The average Bonchev–Trinajstić information content (AvgIpc) is 2.78. The van der Waals surface area contributed by atoms with E-state index in [1.807, 2.05) is 56.8 Å². The molecule has 1 aliphatic heterocycles. The van der Waals surface area contributed by atoms with Gasteiger partial charge in [0.25, 0.3) is 0 Å². The van der Waals surface area contributed by atoms with E-state index in [9.17, 15) is 4.79 Å². The van der Waals surface area contributed by atoms with Crippen molar-refractivity contribution in [2.24, 2.45) is 4.99 Å². The number of aryl methyl sites for hydroxylation is 1. The van der Waals surface area contributed by atoms with Crippen LogP contribution in [0.5, 0.6) is 0 Å². The molecule has 0 bridgehead atoms. The number of pyridine rings is 1. The number of aliphatic imine (C=N–C) groups is 1. The predicted octanol–water partition coefficient (Wildman–Crippen LogP) is 4.72. The van der Waals surface area contributed by atoms with E-state index in [1.54, 1.807) is 0 Å². The molecule has 154 valence electrons. The van der Waals surface area contributed by atoms with Crippen molar-refractivity contribution in [2.45, 2.75) is 32.2 Å². The minimum absolute atomic E-state index is 0.322. The number of benzene rings is 2. The Morgan fingerprint density at radius 2 is 2.07 bits per heavy atom. The maximum absolute atomic E-state index is 12.0. The summed E-state index contributed by atoms with van der Waals surface area (Å²) in [6.07, 6.45) is 7.47.